The number of hydrogen-bond acceptors (Lipinski definition) is 3. The Kier molecular flexibility index (Phi) is 4.42. The normalized spacial score (nSPS) is 11.0. The van der Waals surface area contributed by atoms with Crippen molar-refractivity contribution in [3.05, 3.63) is 77.2 Å². The predicted octanol–water partition coefficient (Wildman–Crippen LogP) is 3.16. The molecule has 22 heavy (non-hydrogen) atoms. The predicted molar refractivity (Wildman–Crippen MR) is 84.6 cm³/mol. The van der Waals surface area contributed by atoms with Crippen molar-refractivity contribution in [1.82, 2.24) is 10.3 Å². The summed E-state index contributed by atoms with van der Waals surface area (Å²) in [5.74, 6) is -0.252. The fraction of sp³-hybridized carbons (Fsp3) is 0.167. The maximum atomic E-state index is 13.8. The summed E-state index contributed by atoms with van der Waals surface area (Å²) in [5, 5.41) is 13.2. The van der Waals surface area contributed by atoms with Crippen molar-refractivity contribution < 1.29 is 9.50 Å². The number of hydrogen-bond donors (Lipinski definition) is 2. The highest BCUT2D eigenvalue weighted by Crippen LogP contribution is 2.19. The Morgan fingerprint density at radius 2 is 1.68 bits per heavy atom. The highest BCUT2D eigenvalue weighted by molar-refractivity contribution is 5.82. The molecule has 0 radical (unpaired) electrons. The molecule has 3 rings (SSSR count). The lowest BCUT2D eigenvalue weighted by atomic mass is 10.1. The van der Waals surface area contributed by atoms with E-state index in [1.165, 1.54) is 6.07 Å². The summed E-state index contributed by atoms with van der Waals surface area (Å²) in [6.45, 7) is 1.26. The van der Waals surface area contributed by atoms with Crippen LogP contribution in [0.2, 0.25) is 0 Å². The molecule has 0 bridgehead atoms. The largest absolute Gasteiger partial charge is 0.392 e. The van der Waals surface area contributed by atoms with Gasteiger partial charge in [0.25, 0.3) is 0 Å². The second-order valence-corrected chi connectivity index (χ2v) is 5.14. The van der Waals surface area contributed by atoms with E-state index in [9.17, 15) is 9.50 Å². The summed E-state index contributed by atoms with van der Waals surface area (Å²) in [6.07, 6.45) is 1.67. The Labute approximate surface area is 128 Å². The molecule has 112 valence electrons. The summed E-state index contributed by atoms with van der Waals surface area (Å²) in [6, 6.07) is 14.5. The average Bonchev–Trinajstić information content (AvgIpc) is 2.57. The fourth-order valence-electron chi connectivity index (χ4n) is 2.56. The molecule has 0 fully saturated rings. The minimum atomic E-state index is -0.252. The van der Waals surface area contributed by atoms with Crippen LogP contribution in [0.15, 0.2) is 54.7 Å². The highest BCUT2D eigenvalue weighted by atomic mass is 19.1. The van der Waals surface area contributed by atoms with Gasteiger partial charge in [0, 0.05) is 24.7 Å². The smallest absolute Gasteiger partial charge is 0.132 e. The van der Waals surface area contributed by atoms with Crippen molar-refractivity contribution in [2.45, 2.75) is 19.7 Å². The van der Waals surface area contributed by atoms with Gasteiger partial charge in [0.15, 0.2) is 0 Å². The van der Waals surface area contributed by atoms with E-state index in [0.717, 1.165) is 16.7 Å². The van der Waals surface area contributed by atoms with E-state index >= 15 is 0 Å². The van der Waals surface area contributed by atoms with Crippen molar-refractivity contribution in [3.8, 4) is 0 Å². The third-order valence-electron chi connectivity index (χ3n) is 3.72. The molecule has 1 aromatic heterocycles. The molecule has 4 heteroatoms. The number of aliphatic hydroxyl groups excluding tert-OH is 1. The number of halogens is 1. The molecule has 0 saturated carbocycles. The van der Waals surface area contributed by atoms with Gasteiger partial charge in [-0.15, -0.1) is 0 Å². The van der Waals surface area contributed by atoms with Gasteiger partial charge in [0.05, 0.1) is 12.1 Å². The molecular weight excluding hydrogens is 279 g/mol. The van der Waals surface area contributed by atoms with Gasteiger partial charge in [-0.2, -0.15) is 0 Å². The highest BCUT2D eigenvalue weighted by Gasteiger charge is 2.07. The van der Waals surface area contributed by atoms with Crippen LogP contribution < -0.4 is 5.32 Å². The topological polar surface area (TPSA) is 45.1 Å². The van der Waals surface area contributed by atoms with Crippen molar-refractivity contribution in [3.63, 3.8) is 0 Å². The van der Waals surface area contributed by atoms with Gasteiger partial charge in [-0.3, -0.25) is 4.98 Å². The summed E-state index contributed by atoms with van der Waals surface area (Å²) < 4.78 is 13.8. The first-order valence-electron chi connectivity index (χ1n) is 7.20. The van der Waals surface area contributed by atoms with Gasteiger partial charge in [0.1, 0.15) is 5.82 Å². The van der Waals surface area contributed by atoms with Gasteiger partial charge >= 0.3 is 0 Å². The van der Waals surface area contributed by atoms with Crippen LogP contribution >= 0.6 is 0 Å². The van der Waals surface area contributed by atoms with Crippen molar-refractivity contribution >= 4 is 10.9 Å². The van der Waals surface area contributed by atoms with Gasteiger partial charge in [-0.1, -0.05) is 30.3 Å². The SMILES string of the molecule is OCc1ccccc1CNCc1ccc(F)c2cccnc12. The lowest BCUT2D eigenvalue weighted by Crippen LogP contribution is -2.14. The van der Waals surface area contributed by atoms with Crippen LogP contribution in [0, 0.1) is 5.82 Å². The first kappa shape index (κ1) is 14.6. The third-order valence-corrected chi connectivity index (χ3v) is 3.72. The lowest BCUT2D eigenvalue weighted by molar-refractivity contribution is 0.280. The van der Waals surface area contributed by atoms with Gasteiger partial charge in [-0.05, 0) is 34.9 Å². The number of rotatable bonds is 5. The van der Waals surface area contributed by atoms with E-state index in [-0.39, 0.29) is 12.4 Å². The van der Waals surface area contributed by atoms with Crippen LogP contribution in [0.25, 0.3) is 10.9 Å². The monoisotopic (exact) mass is 296 g/mol. The van der Waals surface area contributed by atoms with E-state index in [1.807, 2.05) is 24.3 Å². The molecule has 3 aromatic rings. The number of aromatic nitrogens is 1. The van der Waals surface area contributed by atoms with Crippen LogP contribution in [0.1, 0.15) is 16.7 Å². The maximum absolute atomic E-state index is 13.8. The summed E-state index contributed by atoms with van der Waals surface area (Å²) >= 11 is 0. The zero-order valence-corrected chi connectivity index (χ0v) is 12.1. The average molecular weight is 296 g/mol. The minimum Gasteiger partial charge on any atom is -0.392 e. The third kappa shape index (κ3) is 2.98. The number of benzene rings is 2. The molecule has 0 saturated heterocycles. The molecule has 0 unspecified atom stereocenters. The number of fused-ring (bicyclic) bond motifs is 1. The Hall–Kier alpha value is -2.30. The molecule has 0 aliphatic heterocycles. The molecule has 0 spiro atoms. The van der Waals surface area contributed by atoms with E-state index in [0.29, 0.717) is 24.0 Å². The van der Waals surface area contributed by atoms with Crippen molar-refractivity contribution in [2.75, 3.05) is 0 Å². The van der Waals surface area contributed by atoms with Crippen LogP contribution in [0.4, 0.5) is 4.39 Å². The van der Waals surface area contributed by atoms with Crippen molar-refractivity contribution in [1.29, 1.82) is 0 Å². The number of nitrogens with one attached hydrogen (secondary N) is 1. The first-order valence-corrected chi connectivity index (χ1v) is 7.20. The van der Waals surface area contributed by atoms with Crippen molar-refractivity contribution in [2.24, 2.45) is 0 Å². The van der Waals surface area contributed by atoms with Crippen LogP contribution in [0.5, 0.6) is 0 Å². The number of pyridine rings is 1. The second-order valence-electron chi connectivity index (χ2n) is 5.14. The van der Waals surface area contributed by atoms with Gasteiger partial charge < -0.3 is 10.4 Å². The molecule has 3 nitrogen and oxygen atoms in total. The van der Waals surface area contributed by atoms with E-state index in [2.05, 4.69) is 10.3 Å². The first-order chi connectivity index (χ1) is 10.8. The standard InChI is InChI=1S/C18H17FN2O/c19-17-8-7-14(18-16(17)6-3-9-21-18)11-20-10-13-4-1-2-5-15(13)12-22/h1-9,20,22H,10-12H2. The summed E-state index contributed by atoms with van der Waals surface area (Å²) in [5.41, 5.74) is 3.62. The Bertz CT molecular complexity index is 789. The molecular formula is C18H17FN2O. The van der Waals surface area contributed by atoms with Crippen LogP contribution in [-0.4, -0.2) is 10.1 Å². The zero-order valence-electron chi connectivity index (χ0n) is 12.1. The van der Waals surface area contributed by atoms with Crippen LogP contribution in [-0.2, 0) is 19.7 Å². The molecule has 0 aliphatic carbocycles. The summed E-state index contributed by atoms with van der Waals surface area (Å²) in [7, 11) is 0. The quantitative estimate of drug-likeness (QED) is 0.760. The molecule has 2 N–H and O–H groups in total. The lowest BCUT2D eigenvalue weighted by Gasteiger charge is -2.10. The maximum Gasteiger partial charge on any atom is 0.132 e. The zero-order chi connectivity index (χ0) is 15.4. The second kappa shape index (κ2) is 6.64. The Morgan fingerprint density at radius 1 is 0.909 bits per heavy atom. The van der Waals surface area contributed by atoms with Crippen LogP contribution in [0.3, 0.4) is 0 Å². The minimum absolute atomic E-state index is 0.0267. The molecule has 0 aliphatic rings. The molecule has 0 atom stereocenters. The number of nitrogens with zero attached hydrogens (tertiary/aromatic N) is 1. The fourth-order valence-corrected chi connectivity index (χ4v) is 2.56. The van der Waals surface area contributed by atoms with E-state index < -0.39 is 0 Å². The van der Waals surface area contributed by atoms with E-state index in [1.54, 1.807) is 24.4 Å². The van der Waals surface area contributed by atoms with Gasteiger partial charge in [-0.25, -0.2) is 4.39 Å². The van der Waals surface area contributed by atoms with Gasteiger partial charge in [0.2, 0.25) is 0 Å². The Balaban J connectivity index is 1.76. The molecule has 2 aromatic carbocycles. The van der Waals surface area contributed by atoms with E-state index in [4.69, 9.17) is 0 Å². The summed E-state index contributed by atoms with van der Waals surface area (Å²) in [4.78, 5) is 4.28. The molecule has 1 heterocycles. The molecule has 0 amide bonds. The Morgan fingerprint density at radius 3 is 2.50 bits per heavy atom. The number of aliphatic hydroxyl groups is 1.